The third-order valence-corrected chi connectivity index (χ3v) is 4.05. The molecule has 0 spiro atoms. The topological polar surface area (TPSA) is 56.8 Å². The van der Waals surface area contributed by atoms with Gasteiger partial charge in [0.05, 0.1) is 19.3 Å². The molecule has 2 aromatic carbocycles. The fourth-order valence-electron chi connectivity index (χ4n) is 2.65. The molecule has 146 valence electrons. The Kier molecular flexibility index (Phi) is 8.65. The first-order valence-corrected chi connectivity index (χ1v) is 9.50. The number of amides is 1. The Balaban J connectivity index is 1.77. The van der Waals surface area contributed by atoms with Crippen molar-refractivity contribution in [2.75, 3.05) is 26.4 Å². The third-order valence-electron chi connectivity index (χ3n) is 4.05. The van der Waals surface area contributed by atoms with Crippen LogP contribution in [0.25, 0.3) is 0 Å². The number of ether oxygens (including phenoxy) is 3. The highest BCUT2D eigenvalue weighted by Crippen LogP contribution is 2.28. The summed E-state index contributed by atoms with van der Waals surface area (Å²) in [5.41, 5.74) is 1.71. The summed E-state index contributed by atoms with van der Waals surface area (Å²) in [7, 11) is 0. The minimum atomic E-state index is -0.130. The van der Waals surface area contributed by atoms with Gasteiger partial charge in [-0.25, -0.2) is 0 Å². The second-order valence-electron chi connectivity index (χ2n) is 6.06. The largest absolute Gasteiger partial charge is 0.490 e. The Hall–Kier alpha value is -2.53. The fourth-order valence-corrected chi connectivity index (χ4v) is 2.65. The van der Waals surface area contributed by atoms with Gasteiger partial charge in [-0.3, -0.25) is 4.79 Å². The van der Waals surface area contributed by atoms with Crippen molar-refractivity contribution in [1.29, 1.82) is 0 Å². The number of hydrogen-bond acceptors (Lipinski definition) is 4. The van der Waals surface area contributed by atoms with Gasteiger partial charge in [-0.2, -0.15) is 0 Å². The van der Waals surface area contributed by atoms with Crippen LogP contribution in [0.15, 0.2) is 48.5 Å². The molecule has 0 bridgehead atoms. The lowest BCUT2D eigenvalue weighted by Gasteiger charge is -2.14. The van der Waals surface area contributed by atoms with Gasteiger partial charge in [-0.05, 0) is 51.0 Å². The lowest BCUT2D eigenvalue weighted by atomic mass is 10.1. The molecule has 1 atom stereocenters. The number of rotatable bonds is 11. The van der Waals surface area contributed by atoms with Crippen molar-refractivity contribution in [1.82, 2.24) is 5.32 Å². The molecule has 1 unspecified atom stereocenters. The maximum absolute atomic E-state index is 12.3. The number of carbonyl (C=O) groups is 1. The van der Waals surface area contributed by atoms with E-state index in [0.29, 0.717) is 43.4 Å². The van der Waals surface area contributed by atoms with Crippen LogP contribution in [0.5, 0.6) is 11.5 Å². The molecule has 2 aromatic rings. The lowest BCUT2D eigenvalue weighted by Crippen LogP contribution is -2.25. The zero-order valence-electron chi connectivity index (χ0n) is 16.4. The average Bonchev–Trinajstić information content (AvgIpc) is 2.69. The van der Waals surface area contributed by atoms with Gasteiger partial charge in [0, 0.05) is 18.7 Å². The van der Waals surface area contributed by atoms with Crippen molar-refractivity contribution in [2.24, 2.45) is 0 Å². The van der Waals surface area contributed by atoms with Crippen molar-refractivity contribution < 1.29 is 19.0 Å². The average molecular weight is 371 g/mol. The molecule has 0 heterocycles. The fraction of sp³-hybridized carbons (Fsp3) is 0.409. The molecule has 0 aromatic heterocycles. The highest BCUT2D eigenvalue weighted by atomic mass is 16.5. The van der Waals surface area contributed by atoms with Crippen LogP contribution in [0.3, 0.4) is 0 Å². The van der Waals surface area contributed by atoms with Gasteiger partial charge in [-0.15, -0.1) is 0 Å². The Morgan fingerprint density at radius 1 is 1.00 bits per heavy atom. The van der Waals surface area contributed by atoms with Crippen LogP contribution in [0, 0.1) is 0 Å². The predicted octanol–water partition coefficient (Wildman–Crippen LogP) is 4.38. The molecule has 2 rings (SSSR count). The zero-order valence-corrected chi connectivity index (χ0v) is 16.4. The molecule has 0 radical (unpaired) electrons. The van der Waals surface area contributed by atoms with Crippen molar-refractivity contribution in [2.45, 2.75) is 33.3 Å². The molecule has 0 saturated carbocycles. The van der Waals surface area contributed by atoms with Crippen LogP contribution >= 0.6 is 0 Å². The predicted molar refractivity (Wildman–Crippen MR) is 107 cm³/mol. The summed E-state index contributed by atoms with van der Waals surface area (Å²) in [4.78, 5) is 12.3. The van der Waals surface area contributed by atoms with Gasteiger partial charge < -0.3 is 19.5 Å². The van der Waals surface area contributed by atoms with Crippen LogP contribution in [-0.2, 0) is 4.74 Å². The minimum absolute atomic E-state index is 0.0433. The van der Waals surface area contributed by atoms with Crippen molar-refractivity contribution in [3.8, 4) is 11.5 Å². The Morgan fingerprint density at radius 3 is 2.41 bits per heavy atom. The van der Waals surface area contributed by atoms with Gasteiger partial charge in [0.2, 0.25) is 0 Å². The second kappa shape index (κ2) is 11.2. The van der Waals surface area contributed by atoms with Crippen LogP contribution < -0.4 is 14.8 Å². The van der Waals surface area contributed by atoms with Gasteiger partial charge in [0.25, 0.3) is 5.91 Å². The first kappa shape index (κ1) is 20.8. The Morgan fingerprint density at radius 2 is 1.70 bits per heavy atom. The van der Waals surface area contributed by atoms with Crippen molar-refractivity contribution in [3.05, 3.63) is 59.7 Å². The van der Waals surface area contributed by atoms with Crippen LogP contribution in [0.2, 0.25) is 0 Å². The summed E-state index contributed by atoms with van der Waals surface area (Å²) in [6.45, 7) is 8.05. The molecule has 1 N–H and O–H groups in total. The molecule has 0 fully saturated rings. The summed E-state index contributed by atoms with van der Waals surface area (Å²) in [5, 5.41) is 2.92. The summed E-state index contributed by atoms with van der Waals surface area (Å²) >= 11 is 0. The van der Waals surface area contributed by atoms with Gasteiger partial charge in [0.1, 0.15) is 0 Å². The van der Waals surface area contributed by atoms with Gasteiger partial charge in [0.15, 0.2) is 11.5 Å². The zero-order chi connectivity index (χ0) is 19.5. The summed E-state index contributed by atoms with van der Waals surface area (Å²) in [6, 6.07) is 15.3. The normalized spacial score (nSPS) is 11.7. The molecule has 0 aliphatic carbocycles. The number of nitrogens with one attached hydrogen (secondary N) is 1. The van der Waals surface area contributed by atoms with Crippen LogP contribution in [-0.4, -0.2) is 32.3 Å². The monoisotopic (exact) mass is 371 g/mol. The molecular weight excluding hydrogens is 342 g/mol. The summed E-state index contributed by atoms with van der Waals surface area (Å²) in [5.74, 6) is 1.11. The molecule has 5 heteroatoms. The maximum atomic E-state index is 12.3. The molecule has 5 nitrogen and oxygen atoms in total. The van der Waals surface area contributed by atoms with Crippen LogP contribution in [0.4, 0.5) is 0 Å². The maximum Gasteiger partial charge on any atom is 0.251 e. The summed E-state index contributed by atoms with van der Waals surface area (Å²) < 4.78 is 16.9. The van der Waals surface area contributed by atoms with E-state index in [1.165, 1.54) is 0 Å². The van der Waals surface area contributed by atoms with E-state index >= 15 is 0 Å². The highest BCUT2D eigenvalue weighted by Gasteiger charge is 2.11. The first-order valence-electron chi connectivity index (χ1n) is 9.50. The SMILES string of the molecule is CCOc1ccc(C(=O)NCCCOC(C)c2ccccc2)cc1OCC. The van der Waals surface area contributed by atoms with E-state index in [1.807, 2.05) is 51.1 Å². The smallest absolute Gasteiger partial charge is 0.251 e. The van der Waals surface area contributed by atoms with Crippen molar-refractivity contribution >= 4 is 5.91 Å². The lowest BCUT2D eigenvalue weighted by molar-refractivity contribution is 0.0635. The second-order valence-corrected chi connectivity index (χ2v) is 6.06. The van der Waals surface area contributed by atoms with Gasteiger partial charge >= 0.3 is 0 Å². The Labute approximate surface area is 161 Å². The number of benzene rings is 2. The van der Waals surface area contributed by atoms with E-state index in [-0.39, 0.29) is 12.0 Å². The van der Waals surface area contributed by atoms with E-state index < -0.39 is 0 Å². The minimum Gasteiger partial charge on any atom is -0.490 e. The molecule has 0 saturated heterocycles. The summed E-state index contributed by atoms with van der Waals surface area (Å²) in [6.07, 6.45) is 0.792. The molecule has 27 heavy (non-hydrogen) atoms. The van der Waals surface area contributed by atoms with E-state index in [2.05, 4.69) is 5.32 Å². The quantitative estimate of drug-likeness (QED) is 0.596. The van der Waals surface area contributed by atoms with E-state index in [9.17, 15) is 4.79 Å². The molecular formula is C22H29NO4. The highest BCUT2D eigenvalue weighted by molar-refractivity contribution is 5.94. The number of carbonyl (C=O) groups excluding carboxylic acids is 1. The van der Waals surface area contributed by atoms with E-state index in [4.69, 9.17) is 14.2 Å². The molecule has 1 amide bonds. The molecule has 0 aliphatic rings. The standard InChI is InChI=1S/C22H29NO4/c1-4-25-20-13-12-19(16-21(20)26-5-2)22(24)23-14-9-15-27-17(3)18-10-7-6-8-11-18/h6-8,10-13,16-17H,4-5,9,14-15H2,1-3H3,(H,23,24). The molecule has 0 aliphatic heterocycles. The Bertz CT molecular complexity index is 703. The van der Waals surface area contributed by atoms with Gasteiger partial charge in [-0.1, -0.05) is 30.3 Å². The number of hydrogen-bond donors (Lipinski definition) is 1. The third kappa shape index (κ3) is 6.61. The van der Waals surface area contributed by atoms with E-state index in [1.54, 1.807) is 18.2 Å². The van der Waals surface area contributed by atoms with Crippen LogP contribution in [0.1, 0.15) is 49.2 Å². The van der Waals surface area contributed by atoms with Crippen molar-refractivity contribution in [3.63, 3.8) is 0 Å². The van der Waals surface area contributed by atoms with E-state index in [0.717, 1.165) is 12.0 Å². The first-order chi connectivity index (χ1) is 13.2.